The first-order chi connectivity index (χ1) is 14.0. The Bertz CT molecular complexity index is 1140. The second-order valence-electron chi connectivity index (χ2n) is 6.60. The van der Waals surface area contributed by atoms with Gasteiger partial charge in [-0.3, -0.25) is 14.5 Å². The first-order valence-corrected chi connectivity index (χ1v) is 10.1. The van der Waals surface area contributed by atoms with Crippen molar-refractivity contribution in [3.8, 4) is 11.5 Å². The van der Waals surface area contributed by atoms with E-state index in [-0.39, 0.29) is 28.3 Å². The summed E-state index contributed by atoms with van der Waals surface area (Å²) in [6, 6.07) is 18.7. The lowest BCUT2D eigenvalue weighted by Gasteiger charge is -2.13. The monoisotopic (exact) mass is 405 g/mol. The number of ether oxygens (including phenoxy) is 1. The zero-order valence-corrected chi connectivity index (χ0v) is 16.6. The van der Waals surface area contributed by atoms with E-state index in [1.54, 1.807) is 12.1 Å². The summed E-state index contributed by atoms with van der Waals surface area (Å²) >= 11 is 0.874. The Labute approximate surface area is 172 Å². The quantitative estimate of drug-likeness (QED) is 0.593. The van der Waals surface area contributed by atoms with Crippen LogP contribution in [0.25, 0.3) is 16.8 Å². The Morgan fingerprint density at radius 1 is 1.03 bits per heavy atom. The zero-order valence-electron chi connectivity index (χ0n) is 15.8. The number of rotatable bonds is 5. The molecule has 1 heterocycles. The van der Waals surface area contributed by atoms with E-state index in [2.05, 4.69) is 0 Å². The van der Waals surface area contributed by atoms with E-state index >= 15 is 0 Å². The van der Waals surface area contributed by atoms with E-state index in [1.807, 2.05) is 49.4 Å². The molecule has 1 aliphatic heterocycles. The molecule has 1 fully saturated rings. The molecule has 2 amide bonds. The average Bonchev–Trinajstić information content (AvgIpc) is 2.98. The molecule has 146 valence electrons. The lowest BCUT2D eigenvalue weighted by atomic mass is 10.1. The minimum Gasteiger partial charge on any atom is -0.507 e. The van der Waals surface area contributed by atoms with Crippen molar-refractivity contribution < 1.29 is 19.4 Å². The van der Waals surface area contributed by atoms with Gasteiger partial charge in [-0.1, -0.05) is 36.4 Å². The third-order valence-corrected chi connectivity index (χ3v) is 5.53. The molecular formula is C23H19NO4S. The largest absolute Gasteiger partial charge is 0.507 e. The van der Waals surface area contributed by atoms with Gasteiger partial charge in [0.1, 0.15) is 11.5 Å². The summed E-state index contributed by atoms with van der Waals surface area (Å²) in [5, 5.41) is 11.9. The minimum atomic E-state index is -0.366. The summed E-state index contributed by atoms with van der Waals surface area (Å²) in [6.45, 7) is 2.56. The second kappa shape index (κ2) is 8.01. The highest BCUT2D eigenvalue weighted by molar-refractivity contribution is 8.18. The molecule has 0 aromatic heterocycles. The standard InChI is InChI=1S/C23H19NO4S/c1-2-28-19-9-10-20(25)18(12-19)13-21-22(26)24(23(27)29-21)14-15-7-8-16-5-3-4-6-17(16)11-15/h3-13,25H,2,14H2,1H3/b21-13-. The molecule has 0 spiro atoms. The third kappa shape index (κ3) is 3.98. The molecule has 1 saturated heterocycles. The van der Waals surface area contributed by atoms with Crippen molar-refractivity contribution in [1.29, 1.82) is 0 Å². The molecule has 0 aliphatic carbocycles. The number of nitrogens with zero attached hydrogens (tertiary/aromatic N) is 1. The number of imide groups is 1. The maximum Gasteiger partial charge on any atom is 0.293 e. The first kappa shape index (κ1) is 19.1. The Kier molecular flexibility index (Phi) is 5.27. The van der Waals surface area contributed by atoms with Crippen LogP contribution in [-0.2, 0) is 11.3 Å². The first-order valence-electron chi connectivity index (χ1n) is 9.24. The number of hydrogen-bond acceptors (Lipinski definition) is 5. The van der Waals surface area contributed by atoms with Crippen LogP contribution < -0.4 is 4.74 Å². The molecule has 4 rings (SSSR count). The maximum absolute atomic E-state index is 12.8. The van der Waals surface area contributed by atoms with Crippen molar-refractivity contribution >= 4 is 39.8 Å². The fourth-order valence-electron chi connectivity index (χ4n) is 3.20. The fraction of sp³-hybridized carbons (Fsp3) is 0.130. The highest BCUT2D eigenvalue weighted by Crippen LogP contribution is 2.35. The van der Waals surface area contributed by atoms with E-state index in [4.69, 9.17) is 4.74 Å². The van der Waals surface area contributed by atoms with E-state index in [0.29, 0.717) is 17.9 Å². The lowest BCUT2D eigenvalue weighted by molar-refractivity contribution is -0.123. The average molecular weight is 405 g/mol. The molecule has 3 aromatic carbocycles. The number of thioether (sulfide) groups is 1. The number of carbonyl (C=O) groups excluding carboxylic acids is 2. The molecule has 0 atom stereocenters. The molecule has 1 aliphatic rings. The van der Waals surface area contributed by atoms with E-state index < -0.39 is 0 Å². The number of aromatic hydroxyl groups is 1. The van der Waals surface area contributed by atoms with Crippen LogP contribution in [-0.4, -0.2) is 27.8 Å². The number of hydrogen-bond donors (Lipinski definition) is 1. The van der Waals surface area contributed by atoms with Gasteiger partial charge >= 0.3 is 0 Å². The normalized spacial score (nSPS) is 15.5. The Balaban J connectivity index is 1.58. The van der Waals surface area contributed by atoms with Gasteiger partial charge in [-0.2, -0.15) is 0 Å². The van der Waals surface area contributed by atoms with Crippen molar-refractivity contribution in [2.24, 2.45) is 0 Å². The van der Waals surface area contributed by atoms with Crippen LogP contribution in [0.4, 0.5) is 4.79 Å². The smallest absolute Gasteiger partial charge is 0.293 e. The van der Waals surface area contributed by atoms with Crippen LogP contribution in [0.15, 0.2) is 65.6 Å². The summed E-state index contributed by atoms with van der Waals surface area (Å²) in [6.07, 6.45) is 1.53. The number of fused-ring (bicyclic) bond motifs is 1. The van der Waals surface area contributed by atoms with Gasteiger partial charge < -0.3 is 9.84 Å². The molecule has 6 heteroatoms. The minimum absolute atomic E-state index is 0.0229. The fourth-order valence-corrected chi connectivity index (χ4v) is 4.03. The summed E-state index contributed by atoms with van der Waals surface area (Å²) in [4.78, 5) is 26.8. The number of amides is 2. The maximum atomic E-state index is 12.8. The molecule has 3 aromatic rings. The predicted molar refractivity (Wildman–Crippen MR) is 115 cm³/mol. The summed E-state index contributed by atoms with van der Waals surface area (Å²) in [7, 11) is 0. The van der Waals surface area contributed by atoms with Crippen LogP contribution in [0.2, 0.25) is 0 Å². The van der Waals surface area contributed by atoms with Gasteiger partial charge in [-0.15, -0.1) is 0 Å². The molecule has 1 N–H and O–H groups in total. The summed E-state index contributed by atoms with van der Waals surface area (Å²) < 4.78 is 5.44. The number of benzene rings is 3. The van der Waals surface area contributed by atoms with Crippen LogP contribution in [0.3, 0.4) is 0 Å². The molecule has 0 unspecified atom stereocenters. The van der Waals surface area contributed by atoms with Crippen molar-refractivity contribution in [3.63, 3.8) is 0 Å². The van der Waals surface area contributed by atoms with Crippen LogP contribution >= 0.6 is 11.8 Å². The molecular weight excluding hydrogens is 386 g/mol. The van der Waals surface area contributed by atoms with E-state index in [9.17, 15) is 14.7 Å². The van der Waals surface area contributed by atoms with Crippen LogP contribution in [0, 0.1) is 0 Å². The molecule has 0 saturated carbocycles. The lowest BCUT2D eigenvalue weighted by Crippen LogP contribution is -2.27. The zero-order chi connectivity index (χ0) is 20.4. The Morgan fingerprint density at radius 3 is 2.62 bits per heavy atom. The van der Waals surface area contributed by atoms with Gasteiger partial charge in [-0.05, 0) is 65.4 Å². The topological polar surface area (TPSA) is 66.8 Å². The van der Waals surface area contributed by atoms with E-state index in [1.165, 1.54) is 17.0 Å². The molecule has 5 nitrogen and oxygen atoms in total. The van der Waals surface area contributed by atoms with E-state index in [0.717, 1.165) is 28.1 Å². The van der Waals surface area contributed by atoms with Crippen LogP contribution in [0.1, 0.15) is 18.1 Å². The highest BCUT2D eigenvalue weighted by atomic mass is 32.2. The van der Waals surface area contributed by atoms with Crippen molar-refractivity contribution in [1.82, 2.24) is 4.90 Å². The van der Waals surface area contributed by atoms with Gasteiger partial charge in [0.15, 0.2) is 0 Å². The van der Waals surface area contributed by atoms with Crippen molar-refractivity contribution in [3.05, 3.63) is 76.7 Å². The Morgan fingerprint density at radius 2 is 1.83 bits per heavy atom. The molecule has 0 bridgehead atoms. The van der Waals surface area contributed by atoms with Gasteiger partial charge in [0.2, 0.25) is 0 Å². The van der Waals surface area contributed by atoms with Crippen molar-refractivity contribution in [2.75, 3.05) is 6.61 Å². The van der Waals surface area contributed by atoms with Gasteiger partial charge in [-0.25, -0.2) is 0 Å². The molecule has 29 heavy (non-hydrogen) atoms. The third-order valence-electron chi connectivity index (χ3n) is 4.62. The number of carbonyl (C=O) groups is 2. The predicted octanol–water partition coefficient (Wildman–Crippen LogP) is 5.18. The van der Waals surface area contributed by atoms with Gasteiger partial charge in [0.05, 0.1) is 18.1 Å². The number of phenolic OH excluding ortho intramolecular Hbond substituents is 1. The Hall–Kier alpha value is -3.25. The highest BCUT2D eigenvalue weighted by Gasteiger charge is 2.35. The SMILES string of the molecule is CCOc1ccc(O)c(/C=C2\SC(=O)N(Cc3ccc4ccccc4c3)C2=O)c1. The summed E-state index contributed by atoms with van der Waals surface area (Å²) in [5.74, 6) is 0.246. The summed E-state index contributed by atoms with van der Waals surface area (Å²) in [5.41, 5.74) is 1.32. The second-order valence-corrected chi connectivity index (χ2v) is 7.60. The van der Waals surface area contributed by atoms with Crippen LogP contribution in [0.5, 0.6) is 11.5 Å². The number of phenols is 1. The van der Waals surface area contributed by atoms with Gasteiger partial charge in [0, 0.05) is 5.56 Å². The molecule has 0 radical (unpaired) electrons. The van der Waals surface area contributed by atoms with Crippen molar-refractivity contribution in [2.45, 2.75) is 13.5 Å². The van der Waals surface area contributed by atoms with Gasteiger partial charge in [0.25, 0.3) is 11.1 Å².